The molecule has 0 unspecified atom stereocenters. The van der Waals surface area contributed by atoms with Gasteiger partial charge in [0.25, 0.3) is 11.8 Å². The molecule has 130 valence electrons. The molecule has 2 fully saturated rings. The smallest absolute Gasteiger partial charge is 0.254 e. The molecule has 2 aliphatic rings. The third-order valence-electron chi connectivity index (χ3n) is 4.40. The second kappa shape index (κ2) is 7.63. The van der Waals surface area contributed by atoms with Gasteiger partial charge in [0.1, 0.15) is 0 Å². The summed E-state index contributed by atoms with van der Waals surface area (Å²) in [6.45, 7) is 3.50. The average molecular weight is 333 g/mol. The average Bonchev–Trinajstić information content (AvgIpc) is 2.63. The quantitative estimate of drug-likeness (QED) is 0.792. The highest BCUT2D eigenvalue weighted by molar-refractivity contribution is 6.03. The molecule has 0 saturated carbocycles. The van der Waals surface area contributed by atoms with Crippen LogP contribution in [0.2, 0.25) is 0 Å². The van der Waals surface area contributed by atoms with Crippen LogP contribution < -0.4 is 11.1 Å². The Hall–Kier alpha value is -2.12. The van der Waals surface area contributed by atoms with Gasteiger partial charge in [-0.25, -0.2) is 0 Å². The van der Waals surface area contributed by atoms with Gasteiger partial charge >= 0.3 is 0 Å². The number of nitrogen functional groups attached to an aromatic ring is 1. The van der Waals surface area contributed by atoms with Gasteiger partial charge in [0.2, 0.25) is 0 Å². The molecule has 24 heavy (non-hydrogen) atoms. The van der Waals surface area contributed by atoms with E-state index in [1.165, 1.54) is 0 Å². The number of nitrogens with zero attached hydrogens (tertiary/aromatic N) is 1. The molecule has 0 atom stereocenters. The molecule has 3 N–H and O–H groups in total. The molecule has 0 radical (unpaired) electrons. The Bertz CT molecular complexity index is 608. The van der Waals surface area contributed by atoms with E-state index in [2.05, 4.69) is 5.32 Å². The number of rotatable bonds is 3. The van der Waals surface area contributed by atoms with Gasteiger partial charge in [-0.2, -0.15) is 0 Å². The summed E-state index contributed by atoms with van der Waals surface area (Å²) < 4.78 is 10.6. The molecule has 2 heterocycles. The van der Waals surface area contributed by atoms with Gasteiger partial charge in [-0.05, 0) is 31.0 Å². The zero-order valence-corrected chi connectivity index (χ0v) is 13.6. The highest BCUT2D eigenvalue weighted by atomic mass is 16.5. The van der Waals surface area contributed by atoms with Crippen LogP contribution >= 0.6 is 0 Å². The van der Waals surface area contributed by atoms with Crippen molar-refractivity contribution in [2.24, 2.45) is 0 Å². The molecule has 2 aliphatic heterocycles. The van der Waals surface area contributed by atoms with Crippen molar-refractivity contribution >= 4 is 17.5 Å². The number of hydrogen-bond acceptors (Lipinski definition) is 5. The molecule has 1 aromatic carbocycles. The summed E-state index contributed by atoms with van der Waals surface area (Å²) in [6.07, 6.45) is 1.58. The summed E-state index contributed by atoms with van der Waals surface area (Å²) in [4.78, 5) is 26.8. The molecule has 3 rings (SSSR count). The maximum absolute atomic E-state index is 12.6. The SMILES string of the molecule is Nc1ccc(C(=O)N2CCOCC2)cc1C(=O)NC1CCOCC1. The van der Waals surface area contributed by atoms with E-state index in [4.69, 9.17) is 15.2 Å². The summed E-state index contributed by atoms with van der Waals surface area (Å²) in [5.41, 5.74) is 7.14. The number of carbonyl (C=O) groups is 2. The molecular formula is C17H23N3O4. The Balaban J connectivity index is 1.72. The first kappa shape index (κ1) is 16.7. The van der Waals surface area contributed by atoms with Crippen molar-refractivity contribution < 1.29 is 19.1 Å². The normalized spacial score (nSPS) is 19.1. The molecular weight excluding hydrogens is 310 g/mol. The fraction of sp³-hybridized carbons (Fsp3) is 0.529. The third-order valence-corrected chi connectivity index (χ3v) is 4.40. The first-order valence-corrected chi connectivity index (χ1v) is 8.30. The molecule has 1 aromatic rings. The van der Waals surface area contributed by atoms with E-state index in [9.17, 15) is 9.59 Å². The highest BCUT2D eigenvalue weighted by Crippen LogP contribution is 2.17. The van der Waals surface area contributed by atoms with Crippen LogP contribution in [0.3, 0.4) is 0 Å². The van der Waals surface area contributed by atoms with Crippen molar-refractivity contribution in [1.82, 2.24) is 10.2 Å². The van der Waals surface area contributed by atoms with E-state index < -0.39 is 0 Å². The van der Waals surface area contributed by atoms with Crippen LogP contribution in [0.5, 0.6) is 0 Å². The van der Waals surface area contributed by atoms with Crippen LogP contribution in [0.15, 0.2) is 18.2 Å². The second-order valence-corrected chi connectivity index (χ2v) is 6.07. The maximum Gasteiger partial charge on any atom is 0.254 e. The monoisotopic (exact) mass is 333 g/mol. The van der Waals surface area contributed by atoms with Crippen LogP contribution in [0.4, 0.5) is 5.69 Å². The van der Waals surface area contributed by atoms with Crippen LogP contribution in [0, 0.1) is 0 Å². The minimum absolute atomic E-state index is 0.0873. The standard InChI is InChI=1S/C17H23N3O4/c18-15-2-1-12(17(22)20-5-9-24-10-6-20)11-14(15)16(21)19-13-3-7-23-8-4-13/h1-2,11,13H,3-10,18H2,(H,19,21). The molecule has 7 heteroatoms. The lowest BCUT2D eigenvalue weighted by Gasteiger charge is -2.27. The van der Waals surface area contributed by atoms with E-state index >= 15 is 0 Å². The van der Waals surface area contributed by atoms with E-state index in [0.717, 1.165) is 12.8 Å². The Labute approximate surface area is 141 Å². The molecule has 0 aromatic heterocycles. The number of carbonyl (C=O) groups excluding carboxylic acids is 2. The lowest BCUT2D eigenvalue weighted by Crippen LogP contribution is -2.41. The third kappa shape index (κ3) is 3.85. The minimum atomic E-state index is -0.240. The molecule has 0 bridgehead atoms. The summed E-state index contributed by atoms with van der Waals surface area (Å²) in [5, 5.41) is 2.98. The van der Waals surface area contributed by atoms with Gasteiger partial charge in [-0.3, -0.25) is 9.59 Å². The van der Waals surface area contributed by atoms with E-state index in [0.29, 0.717) is 56.3 Å². The Morgan fingerprint density at radius 3 is 2.46 bits per heavy atom. The van der Waals surface area contributed by atoms with Crippen LogP contribution in [-0.2, 0) is 9.47 Å². The number of hydrogen-bond donors (Lipinski definition) is 2. The second-order valence-electron chi connectivity index (χ2n) is 6.07. The van der Waals surface area contributed by atoms with Gasteiger partial charge in [-0.15, -0.1) is 0 Å². The Kier molecular flexibility index (Phi) is 5.32. The number of ether oxygens (including phenoxy) is 2. The topological polar surface area (TPSA) is 93.9 Å². The zero-order valence-electron chi connectivity index (χ0n) is 13.6. The number of anilines is 1. The predicted molar refractivity (Wildman–Crippen MR) is 88.9 cm³/mol. The van der Waals surface area contributed by atoms with Crippen LogP contribution in [0.25, 0.3) is 0 Å². The summed E-state index contributed by atoms with van der Waals surface area (Å²) in [5.74, 6) is -0.338. The zero-order chi connectivity index (χ0) is 16.9. The van der Waals surface area contributed by atoms with Crippen molar-refractivity contribution in [1.29, 1.82) is 0 Å². The lowest BCUT2D eigenvalue weighted by molar-refractivity contribution is 0.0303. The molecule has 0 spiro atoms. The van der Waals surface area contributed by atoms with Crippen molar-refractivity contribution in [2.75, 3.05) is 45.3 Å². The summed E-state index contributed by atoms with van der Waals surface area (Å²) >= 11 is 0. The number of morpholine rings is 1. The lowest BCUT2D eigenvalue weighted by atomic mass is 10.0. The van der Waals surface area contributed by atoms with Gasteiger partial charge in [0.15, 0.2) is 0 Å². The van der Waals surface area contributed by atoms with Crippen molar-refractivity contribution in [3.05, 3.63) is 29.3 Å². The molecule has 7 nitrogen and oxygen atoms in total. The molecule has 2 amide bonds. The first-order valence-electron chi connectivity index (χ1n) is 8.30. The minimum Gasteiger partial charge on any atom is -0.398 e. The number of amides is 2. The largest absolute Gasteiger partial charge is 0.398 e. The molecule has 0 aliphatic carbocycles. The van der Waals surface area contributed by atoms with Crippen molar-refractivity contribution in [3.8, 4) is 0 Å². The fourth-order valence-electron chi connectivity index (χ4n) is 2.94. The summed E-state index contributed by atoms with van der Waals surface area (Å²) in [6, 6.07) is 4.96. The van der Waals surface area contributed by atoms with Crippen LogP contribution in [-0.4, -0.2) is 62.3 Å². The van der Waals surface area contributed by atoms with E-state index in [1.807, 2.05) is 0 Å². The van der Waals surface area contributed by atoms with Gasteiger partial charge in [-0.1, -0.05) is 0 Å². The van der Waals surface area contributed by atoms with Gasteiger partial charge in [0.05, 0.1) is 18.8 Å². The number of nitrogens with one attached hydrogen (secondary N) is 1. The predicted octanol–water partition coefficient (Wildman–Crippen LogP) is 0.650. The van der Waals surface area contributed by atoms with E-state index in [1.54, 1.807) is 23.1 Å². The molecule has 2 saturated heterocycles. The maximum atomic E-state index is 12.6. The van der Waals surface area contributed by atoms with E-state index in [-0.39, 0.29) is 17.9 Å². The Morgan fingerprint density at radius 1 is 1.08 bits per heavy atom. The van der Waals surface area contributed by atoms with Crippen LogP contribution in [0.1, 0.15) is 33.6 Å². The summed E-state index contributed by atoms with van der Waals surface area (Å²) in [7, 11) is 0. The fourth-order valence-corrected chi connectivity index (χ4v) is 2.94. The Morgan fingerprint density at radius 2 is 1.75 bits per heavy atom. The van der Waals surface area contributed by atoms with Crippen molar-refractivity contribution in [3.63, 3.8) is 0 Å². The van der Waals surface area contributed by atoms with Gasteiger partial charge in [0, 0.05) is 43.6 Å². The van der Waals surface area contributed by atoms with Gasteiger partial charge < -0.3 is 25.4 Å². The number of nitrogens with two attached hydrogens (primary N) is 1. The first-order chi connectivity index (χ1) is 11.6. The van der Waals surface area contributed by atoms with Crippen molar-refractivity contribution in [2.45, 2.75) is 18.9 Å². The highest BCUT2D eigenvalue weighted by Gasteiger charge is 2.22. The number of benzene rings is 1.